The Hall–Kier alpha value is -1.10. The van der Waals surface area contributed by atoms with Crippen molar-refractivity contribution in [1.82, 2.24) is 5.32 Å². The van der Waals surface area contributed by atoms with Crippen LogP contribution in [0.15, 0.2) is 0 Å². The molecule has 2 N–H and O–H groups in total. The predicted molar refractivity (Wildman–Crippen MR) is 148 cm³/mol. The summed E-state index contributed by atoms with van der Waals surface area (Å²) in [4.78, 5) is 23.5. The monoisotopic (exact) mass is 497 g/mol. The molecule has 0 aliphatic rings. The van der Waals surface area contributed by atoms with Crippen molar-refractivity contribution in [3.63, 3.8) is 0 Å². The molecule has 0 aliphatic heterocycles. The van der Waals surface area contributed by atoms with Crippen LogP contribution in [0.5, 0.6) is 0 Å². The minimum absolute atomic E-state index is 0.0919. The largest absolute Gasteiger partial charge is 0.480 e. The van der Waals surface area contributed by atoms with Gasteiger partial charge in [-0.1, -0.05) is 142 Å². The van der Waals surface area contributed by atoms with E-state index in [-0.39, 0.29) is 6.42 Å². The van der Waals surface area contributed by atoms with E-state index in [1.54, 1.807) is 0 Å². The van der Waals surface area contributed by atoms with Crippen molar-refractivity contribution in [3.05, 3.63) is 0 Å². The van der Waals surface area contributed by atoms with Crippen LogP contribution in [-0.4, -0.2) is 36.2 Å². The number of unbranched alkanes of at least 4 members (excludes halogenated alkanes) is 20. The maximum absolute atomic E-state index is 12.0. The minimum atomic E-state index is -0.973. The van der Waals surface area contributed by atoms with Gasteiger partial charge < -0.3 is 15.2 Å². The zero-order valence-electron chi connectivity index (χ0n) is 23.4. The van der Waals surface area contributed by atoms with Crippen molar-refractivity contribution >= 4 is 11.9 Å². The number of carboxylic acids is 1. The van der Waals surface area contributed by atoms with Gasteiger partial charge in [0.15, 0.2) is 0 Å². The molecule has 0 saturated carbocycles. The van der Waals surface area contributed by atoms with E-state index >= 15 is 0 Å². The van der Waals surface area contributed by atoms with Crippen LogP contribution in [0.3, 0.4) is 0 Å². The molecule has 0 radical (unpaired) electrons. The predicted octanol–water partition coefficient (Wildman–Crippen LogP) is 8.58. The molecule has 5 heteroatoms. The van der Waals surface area contributed by atoms with E-state index in [1.165, 1.54) is 116 Å². The van der Waals surface area contributed by atoms with Crippen LogP contribution in [0.4, 0.5) is 0 Å². The lowest BCUT2D eigenvalue weighted by Gasteiger charge is -2.14. The fourth-order valence-electron chi connectivity index (χ4n) is 4.49. The third kappa shape index (κ3) is 25.8. The van der Waals surface area contributed by atoms with Crippen molar-refractivity contribution in [1.29, 1.82) is 0 Å². The van der Waals surface area contributed by atoms with Crippen LogP contribution in [0.1, 0.15) is 162 Å². The molecular formula is C30H59NO4. The molecule has 0 rings (SSSR count). The number of hydrogen-bond acceptors (Lipinski definition) is 4. The van der Waals surface area contributed by atoms with Gasteiger partial charge in [-0.15, -0.1) is 0 Å². The van der Waals surface area contributed by atoms with Gasteiger partial charge in [-0.25, -0.2) is 0 Å². The Morgan fingerprint density at radius 2 is 0.971 bits per heavy atom. The average Bonchev–Trinajstić information content (AvgIpc) is 2.84. The number of nitrogens with one attached hydrogen (secondary N) is 1. The second-order valence-corrected chi connectivity index (χ2v) is 10.3. The molecule has 0 saturated heterocycles. The van der Waals surface area contributed by atoms with Gasteiger partial charge in [-0.05, 0) is 19.4 Å². The first-order valence-corrected chi connectivity index (χ1v) is 15.2. The molecule has 0 heterocycles. The van der Waals surface area contributed by atoms with Gasteiger partial charge in [0, 0.05) is 0 Å². The van der Waals surface area contributed by atoms with Crippen molar-refractivity contribution < 1.29 is 19.4 Å². The van der Waals surface area contributed by atoms with E-state index in [4.69, 9.17) is 4.74 Å². The molecule has 0 amide bonds. The highest BCUT2D eigenvalue weighted by Gasteiger charge is 2.21. The Labute approximate surface area is 217 Å². The second kappa shape index (κ2) is 27.5. The standard InChI is InChI=1S/C30H59NO4/c1-3-5-7-9-11-13-15-16-18-20-22-24-26-35-29(32)27-28(30(33)34)31-25-23-21-19-17-14-12-10-8-6-4-2/h28,31H,3-27H2,1-2H3,(H,33,34). The van der Waals surface area contributed by atoms with Crippen molar-refractivity contribution in [2.75, 3.05) is 13.2 Å². The number of esters is 1. The fraction of sp³-hybridized carbons (Fsp3) is 0.933. The van der Waals surface area contributed by atoms with Gasteiger partial charge in [0.05, 0.1) is 13.0 Å². The normalized spacial score (nSPS) is 12.1. The third-order valence-corrected chi connectivity index (χ3v) is 6.85. The minimum Gasteiger partial charge on any atom is -0.480 e. The number of aliphatic carboxylic acids is 1. The average molecular weight is 498 g/mol. The third-order valence-electron chi connectivity index (χ3n) is 6.85. The highest BCUT2D eigenvalue weighted by Crippen LogP contribution is 2.12. The Bertz CT molecular complexity index is 469. The first-order chi connectivity index (χ1) is 17.1. The topological polar surface area (TPSA) is 75.6 Å². The van der Waals surface area contributed by atoms with E-state index in [0.29, 0.717) is 13.2 Å². The molecule has 0 fully saturated rings. The summed E-state index contributed by atoms with van der Waals surface area (Å²) in [6.07, 6.45) is 27.6. The summed E-state index contributed by atoms with van der Waals surface area (Å²) < 4.78 is 5.28. The molecule has 1 atom stereocenters. The van der Waals surface area contributed by atoms with E-state index in [1.807, 2.05) is 0 Å². The van der Waals surface area contributed by atoms with Crippen LogP contribution in [-0.2, 0) is 14.3 Å². The van der Waals surface area contributed by atoms with Gasteiger partial charge in [0.2, 0.25) is 0 Å². The van der Waals surface area contributed by atoms with E-state index in [9.17, 15) is 14.7 Å². The summed E-state index contributed by atoms with van der Waals surface area (Å²) in [5, 5.41) is 12.4. The van der Waals surface area contributed by atoms with Crippen LogP contribution < -0.4 is 5.32 Å². The second-order valence-electron chi connectivity index (χ2n) is 10.3. The summed E-state index contributed by atoms with van der Waals surface area (Å²) in [6, 6.07) is -0.844. The molecule has 5 nitrogen and oxygen atoms in total. The Kier molecular flexibility index (Phi) is 26.6. The van der Waals surface area contributed by atoms with Crippen molar-refractivity contribution in [3.8, 4) is 0 Å². The maximum Gasteiger partial charge on any atom is 0.321 e. The summed E-state index contributed by atoms with van der Waals surface area (Å²) in [5.41, 5.74) is 0. The summed E-state index contributed by atoms with van der Waals surface area (Å²) in [7, 11) is 0. The van der Waals surface area contributed by atoms with Crippen LogP contribution in [0.2, 0.25) is 0 Å². The summed E-state index contributed by atoms with van der Waals surface area (Å²) in [5.74, 6) is -1.38. The molecule has 0 aromatic rings. The number of rotatable bonds is 28. The molecular weight excluding hydrogens is 438 g/mol. The van der Waals surface area contributed by atoms with Gasteiger partial charge >= 0.3 is 11.9 Å². The zero-order chi connectivity index (χ0) is 25.8. The molecule has 0 spiro atoms. The molecule has 0 aromatic heterocycles. The van der Waals surface area contributed by atoms with Crippen LogP contribution >= 0.6 is 0 Å². The molecule has 208 valence electrons. The number of carbonyl (C=O) groups is 2. The molecule has 1 unspecified atom stereocenters. The van der Waals surface area contributed by atoms with Gasteiger partial charge in [-0.2, -0.15) is 0 Å². The first kappa shape index (κ1) is 33.9. The van der Waals surface area contributed by atoms with E-state index in [0.717, 1.165) is 25.7 Å². The molecule has 0 aromatic carbocycles. The van der Waals surface area contributed by atoms with E-state index < -0.39 is 18.0 Å². The lowest BCUT2D eigenvalue weighted by molar-refractivity contribution is -0.149. The Morgan fingerprint density at radius 1 is 0.600 bits per heavy atom. The lowest BCUT2D eigenvalue weighted by atomic mass is 10.1. The number of carboxylic acid groups (broad SMARTS) is 1. The fourth-order valence-corrected chi connectivity index (χ4v) is 4.49. The summed E-state index contributed by atoms with van der Waals surface area (Å²) >= 11 is 0. The van der Waals surface area contributed by atoms with Gasteiger partial charge in [0.1, 0.15) is 6.04 Å². The number of carbonyl (C=O) groups excluding carboxylic acids is 1. The summed E-state index contributed by atoms with van der Waals surface area (Å²) in [6.45, 7) is 5.54. The zero-order valence-corrected chi connectivity index (χ0v) is 23.4. The Balaban J connectivity index is 3.56. The SMILES string of the molecule is CCCCCCCCCCCCCCOC(=O)CC(NCCCCCCCCCCCC)C(=O)O. The van der Waals surface area contributed by atoms with E-state index in [2.05, 4.69) is 19.2 Å². The van der Waals surface area contributed by atoms with Crippen LogP contribution in [0.25, 0.3) is 0 Å². The molecule has 0 aliphatic carbocycles. The van der Waals surface area contributed by atoms with Crippen molar-refractivity contribution in [2.45, 2.75) is 168 Å². The Morgan fingerprint density at radius 3 is 1.37 bits per heavy atom. The highest BCUT2D eigenvalue weighted by molar-refractivity contribution is 5.81. The molecule has 35 heavy (non-hydrogen) atoms. The van der Waals surface area contributed by atoms with Crippen molar-refractivity contribution in [2.24, 2.45) is 0 Å². The first-order valence-electron chi connectivity index (χ1n) is 15.2. The van der Waals surface area contributed by atoms with Crippen LogP contribution in [0, 0.1) is 0 Å². The maximum atomic E-state index is 12.0. The quantitative estimate of drug-likeness (QED) is 0.0836. The lowest BCUT2D eigenvalue weighted by Crippen LogP contribution is -2.39. The highest BCUT2D eigenvalue weighted by atomic mass is 16.5. The number of hydrogen-bond donors (Lipinski definition) is 2. The molecule has 0 bridgehead atoms. The smallest absolute Gasteiger partial charge is 0.321 e. The van der Waals surface area contributed by atoms with Gasteiger partial charge in [-0.3, -0.25) is 9.59 Å². The number of ether oxygens (including phenoxy) is 1. The van der Waals surface area contributed by atoms with Gasteiger partial charge in [0.25, 0.3) is 0 Å².